The van der Waals surface area contributed by atoms with E-state index in [9.17, 15) is 4.79 Å². The van der Waals surface area contributed by atoms with E-state index in [0.29, 0.717) is 6.54 Å². The summed E-state index contributed by atoms with van der Waals surface area (Å²) in [7, 11) is 0. The zero-order valence-corrected chi connectivity index (χ0v) is 15.1. The third-order valence-corrected chi connectivity index (χ3v) is 4.81. The Morgan fingerprint density at radius 3 is 2.59 bits per heavy atom. The van der Waals surface area contributed by atoms with Crippen molar-refractivity contribution in [1.29, 1.82) is 0 Å². The molecule has 8 heteroatoms. The van der Waals surface area contributed by atoms with Crippen LogP contribution in [0.2, 0.25) is 0 Å². The maximum absolute atomic E-state index is 12.1. The summed E-state index contributed by atoms with van der Waals surface area (Å²) in [5.41, 5.74) is 2.70. The molecule has 0 radical (unpaired) electrons. The van der Waals surface area contributed by atoms with Crippen molar-refractivity contribution in [2.45, 2.75) is 13.1 Å². The van der Waals surface area contributed by atoms with Gasteiger partial charge in [0.05, 0.1) is 18.4 Å². The van der Waals surface area contributed by atoms with Crippen LogP contribution in [-0.4, -0.2) is 62.4 Å². The summed E-state index contributed by atoms with van der Waals surface area (Å²) in [5.74, 6) is 0. The maximum Gasteiger partial charge on any atom is 0.266 e. The highest BCUT2D eigenvalue weighted by molar-refractivity contribution is 5.56. The van der Waals surface area contributed by atoms with Crippen LogP contribution in [0.1, 0.15) is 5.56 Å². The van der Waals surface area contributed by atoms with E-state index in [0.717, 1.165) is 56.1 Å². The summed E-state index contributed by atoms with van der Waals surface area (Å²) in [6.45, 7) is 6.19. The van der Waals surface area contributed by atoms with Crippen molar-refractivity contribution < 1.29 is 4.52 Å². The van der Waals surface area contributed by atoms with Crippen molar-refractivity contribution >= 4 is 0 Å². The molecule has 3 aromatic heterocycles. The zero-order chi connectivity index (χ0) is 18.5. The number of hydrogen-bond donors (Lipinski definition) is 0. The predicted octanol–water partition coefficient (Wildman–Crippen LogP) is 1.11. The normalized spacial score (nSPS) is 15.9. The van der Waals surface area contributed by atoms with Crippen molar-refractivity contribution in [2.24, 2.45) is 0 Å². The fourth-order valence-electron chi connectivity index (χ4n) is 3.25. The Kier molecular flexibility index (Phi) is 5.36. The molecule has 4 heterocycles. The number of hydrogen-bond acceptors (Lipinski definition) is 7. The maximum atomic E-state index is 12.1. The Bertz CT molecular complexity index is 901. The highest BCUT2D eigenvalue weighted by Crippen LogP contribution is 2.13. The molecule has 1 saturated heterocycles. The van der Waals surface area contributed by atoms with E-state index in [2.05, 4.69) is 25.0 Å². The lowest BCUT2D eigenvalue weighted by molar-refractivity contribution is 0.122. The molecule has 0 bridgehead atoms. The SMILES string of the molecule is O=c1ccc(-c2cccnc2)nn1CCN1CCN(Cc2cnoc2)CC1. The van der Waals surface area contributed by atoms with E-state index < -0.39 is 0 Å². The Morgan fingerprint density at radius 1 is 1.00 bits per heavy atom. The van der Waals surface area contributed by atoms with Crippen LogP contribution in [0.4, 0.5) is 0 Å². The first-order valence-corrected chi connectivity index (χ1v) is 9.09. The molecule has 0 spiro atoms. The van der Waals surface area contributed by atoms with E-state index in [-0.39, 0.29) is 5.56 Å². The molecule has 0 aliphatic carbocycles. The van der Waals surface area contributed by atoms with Gasteiger partial charge in [-0.25, -0.2) is 4.68 Å². The van der Waals surface area contributed by atoms with Gasteiger partial charge in [0.1, 0.15) is 6.26 Å². The number of rotatable bonds is 6. The lowest BCUT2D eigenvalue weighted by Crippen LogP contribution is -2.47. The molecule has 8 nitrogen and oxygen atoms in total. The minimum Gasteiger partial charge on any atom is -0.364 e. The van der Waals surface area contributed by atoms with Gasteiger partial charge in [0.2, 0.25) is 0 Å². The standard InChI is InChI=1S/C19H22N6O2/c26-19-4-3-18(17-2-1-5-20-13-17)22-25(19)11-10-23-6-8-24(9-7-23)14-16-12-21-27-15-16/h1-5,12-13,15H,6-11,14H2. The summed E-state index contributed by atoms with van der Waals surface area (Å²) in [4.78, 5) is 21.0. The second kappa shape index (κ2) is 8.24. The molecule has 27 heavy (non-hydrogen) atoms. The summed E-state index contributed by atoms with van der Waals surface area (Å²) in [6.07, 6.45) is 6.94. The molecule has 1 aliphatic heterocycles. The van der Waals surface area contributed by atoms with Gasteiger partial charge in [-0.15, -0.1) is 0 Å². The van der Waals surface area contributed by atoms with Gasteiger partial charge in [0.25, 0.3) is 5.56 Å². The van der Waals surface area contributed by atoms with Crippen molar-refractivity contribution in [1.82, 2.24) is 29.7 Å². The van der Waals surface area contributed by atoms with Crippen LogP contribution in [0.25, 0.3) is 11.3 Å². The van der Waals surface area contributed by atoms with Crippen molar-refractivity contribution in [2.75, 3.05) is 32.7 Å². The molecular formula is C19H22N6O2. The third-order valence-electron chi connectivity index (χ3n) is 4.81. The molecular weight excluding hydrogens is 344 g/mol. The van der Waals surface area contributed by atoms with Gasteiger partial charge in [0, 0.05) is 68.9 Å². The summed E-state index contributed by atoms with van der Waals surface area (Å²) >= 11 is 0. The molecule has 0 aromatic carbocycles. The quantitative estimate of drug-likeness (QED) is 0.646. The van der Waals surface area contributed by atoms with Gasteiger partial charge < -0.3 is 4.52 Å². The molecule has 1 fully saturated rings. The van der Waals surface area contributed by atoms with Crippen LogP contribution in [0.3, 0.4) is 0 Å². The minimum atomic E-state index is -0.0752. The largest absolute Gasteiger partial charge is 0.364 e. The lowest BCUT2D eigenvalue weighted by atomic mass is 10.2. The Morgan fingerprint density at radius 2 is 1.85 bits per heavy atom. The lowest BCUT2D eigenvalue weighted by Gasteiger charge is -2.34. The highest BCUT2D eigenvalue weighted by Gasteiger charge is 2.17. The smallest absolute Gasteiger partial charge is 0.266 e. The van der Waals surface area contributed by atoms with E-state index in [1.54, 1.807) is 41.7 Å². The number of piperazine rings is 1. The van der Waals surface area contributed by atoms with Crippen LogP contribution in [-0.2, 0) is 13.1 Å². The van der Waals surface area contributed by atoms with Crippen molar-refractivity contribution in [3.8, 4) is 11.3 Å². The van der Waals surface area contributed by atoms with Crippen LogP contribution < -0.4 is 5.56 Å². The number of nitrogens with zero attached hydrogens (tertiary/aromatic N) is 6. The first kappa shape index (κ1) is 17.6. The molecule has 1 aliphatic rings. The second-order valence-corrected chi connectivity index (χ2v) is 6.67. The third kappa shape index (κ3) is 4.47. The van der Waals surface area contributed by atoms with Gasteiger partial charge in [-0.05, 0) is 18.2 Å². The molecule has 4 rings (SSSR count). The van der Waals surface area contributed by atoms with Gasteiger partial charge >= 0.3 is 0 Å². The van der Waals surface area contributed by atoms with Gasteiger partial charge in [0.15, 0.2) is 0 Å². The number of pyridine rings is 1. The van der Waals surface area contributed by atoms with Crippen LogP contribution >= 0.6 is 0 Å². The summed E-state index contributed by atoms with van der Waals surface area (Å²) in [5, 5.41) is 8.25. The van der Waals surface area contributed by atoms with Gasteiger partial charge in [-0.2, -0.15) is 5.10 Å². The average molecular weight is 366 g/mol. The monoisotopic (exact) mass is 366 g/mol. The molecule has 0 saturated carbocycles. The van der Waals surface area contributed by atoms with Crippen molar-refractivity contribution in [3.05, 3.63) is 65.0 Å². The van der Waals surface area contributed by atoms with E-state index >= 15 is 0 Å². The van der Waals surface area contributed by atoms with E-state index in [1.165, 1.54) is 0 Å². The minimum absolute atomic E-state index is 0.0752. The summed E-state index contributed by atoms with van der Waals surface area (Å²) in [6, 6.07) is 7.13. The molecule has 0 atom stereocenters. The first-order valence-electron chi connectivity index (χ1n) is 9.09. The topological polar surface area (TPSA) is 80.3 Å². The van der Waals surface area contributed by atoms with Gasteiger partial charge in [-0.3, -0.25) is 19.6 Å². The number of aromatic nitrogens is 4. The van der Waals surface area contributed by atoms with E-state index in [1.807, 2.05) is 12.1 Å². The molecule has 0 amide bonds. The molecule has 0 N–H and O–H groups in total. The van der Waals surface area contributed by atoms with Crippen LogP contribution in [0, 0.1) is 0 Å². The van der Waals surface area contributed by atoms with E-state index in [4.69, 9.17) is 4.52 Å². The molecule has 140 valence electrons. The first-order chi connectivity index (χ1) is 13.3. The van der Waals surface area contributed by atoms with Gasteiger partial charge in [-0.1, -0.05) is 5.16 Å². The molecule has 0 unspecified atom stereocenters. The Balaban J connectivity index is 1.32. The molecule has 3 aromatic rings. The zero-order valence-electron chi connectivity index (χ0n) is 15.1. The highest BCUT2D eigenvalue weighted by atomic mass is 16.5. The van der Waals surface area contributed by atoms with Crippen LogP contribution in [0.5, 0.6) is 0 Å². The second-order valence-electron chi connectivity index (χ2n) is 6.67. The predicted molar refractivity (Wildman–Crippen MR) is 99.9 cm³/mol. The Hall–Kier alpha value is -2.84. The summed E-state index contributed by atoms with van der Waals surface area (Å²) < 4.78 is 6.43. The van der Waals surface area contributed by atoms with Crippen molar-refractivity contribution in [3.63, 3.8) is 0 Å². The Labute approximate surface area is 157 Å². The average Bonchev–Trinajstić information content (AvgIpc) is 3.22. The van der Waals surface area contributed by atoms with Crippen LogP contribution in [0.15, 0.2) is 58.4 Å². The fraction of sp³-hybridized carbons (Fsp3) is 0.368. The fourth-order valence-corrected chi connectivity index (χ4v) is 3.25.